The van der Waals surface area contributed by atoms with Crippen LogP contribution in [0.1, 0.15) is 39.4 Å². The summed E-state index contributed by atoms with van der Waals surface area (Å²) in [6, 6.07) is 7.29. The molecule has 206 valence electrons. The minimum atomic E-state index is -4.18. The van der Waals surface area contributed by atoms with Crippen LogP contribution in [0.4, 0.5) is 5.95 Å². The quantitative estimate of drug-likeness (QED) is 0.209. The molecule has 15 heteroatoms. The predicted octanol–water partition coefficient (Wildman–Crippen LogP) is 1.36. The Kier molecular flexibility index (Phi) is 8.02. The zero-order valence-electron chi connectivity index (χ0n) is 21.4. The number of hydrogen-bond acceptors (Lipinski definition) is 12. The number of nitrogens with one attached hydrogen (secondary N) is 1. The number of aromatic nitrogens is 4. The average Bonchev–Trinajstić information content (AvgIpc) is 3.37. The minimum absolute atomic E-state index is 0.119. The molecule has 0 radical (unpaired) electrons. The van der Waals surface area contributed by atoms with Crippen LogP contribution in [0.2, 0.25) is 0 Å². The fraction of sp³-hybridized carbons (Fsp3) is 0.478. The number of esters is 1. The van der Waals surface area contributed by atoms with E-state index in [0.29, 0.717) is 11.2 Å². The molecular weight excluding hydrogens is 517 g/mol. The molecule has 2 aromatic heterocycles. The van der Waals surface area contributed by atoms with Crippen LogP contribution in [-0.4, -0.2) is 67.2 Å². The Hall–Kier alpha value is -3.13. The van der Waals surface area contributed by atoms with Gasteiger partial charge in [0.25, 0.3) is 0 Å². The first-order valence-corrected chi connectivity index (χ1v) is 13.5. The van der Waals surface area contributed by atoms with Crippen molar-refractivity contribution in [2.24, 2.45) is 5.73 Å². The molecule has 3 heterocycles. The predicted molar refractivity (Wildman–Crippen MR) is 136 cm³/mol. The number of hydrogen-bond donors (Lipinski definition) is 4. The molecule has 14 nitrogen and oxygen atoms in total. The van der Waals surface area contributed by atoms with Gasteiger partial charge in [-0.2, -0.15) is 14.7 Å². The number of ether oxygens (including phenoxy) is 2. The average molecular weight is 550 g/mol. The topological polar surface area (TPSA) is 198 Å². The molecule has 1 aromatic carbocycles. The molecule has 1 saturated heterocycles. The van der Waals surface area contributed by atoms with Crippen LogP contribution < -0.4 is 21.1 Å². The number of para-hydroxylation sites is 1. The van der Waals surface area contributed by atoms with Gasteiger partial charge in [0, 0.05) is 5.56 Å². The van der Waals surface area contributed by atoms with Gasteiger partial charge in [-0.25, -0.2) is 14.5 Å². The summed E-state index contributed by atoms with van der Waals surface area (Å²) >= 11 is 0. The second-order valence-electron chi connectivity index (χ2n) is 9.47. The molecule has 1 fully saturated rings. The highest BCUT2D eigenvalue weighted by Crippen LogP contribution is 2.47. The Bertz CT molecular complexity index is 1320. The third kappa shape index (κ3) is 5.80. The highest BCUT2D eigenvalue weighted by molar-refractivity contribution is 7.52. The summed E-state index contributed by atoms with van der Waals surface area (Å²) < 4.78 is 37.7. The molecule has 0 spiro atoms. The molecule has 0 aliphatic carbocycles. The van der Waals surface area contributed by atoms with E-state index in [9.17, 15) is 14.5 Å². The van der Waals surface area contributed by atoms with Crippen molar-refractivity contribution in [3.8, 4) is 5.75 Å². The Labute approximate surface area is 219 Å². The zero-order valence-corrected chi connectivity index (χ0v) is 22.3. The van der Waals surface area contributed by atoms with Gasteiger partial charge < -0.3 is 30.6 Å². The minimum Gasteiger partial charge on any atom is -0.462 e. The number of nitrogens with zero attached hydrogens (tertiary/aromatic N) is 4. The molecule has 0 saturated carbocycles. The first-order valence-electron chi connectivity index (χ1n) is 12.0. The van der Waals surface area contributed by atoms with Crippen molar-refractivity contribution in [1.82, 2.24) is 24.7 Å². The highest BCUT2D eigenvalue weighted by atomic mass is 31.2. The SMILES string of the molecule is CC(C)OC(=O)[C@H](C)N[P@](=O)(OC[C@H]1O[C@H](c2cnn3c(N)ncnc23)[C@](C)(N)[C@@H]1O)Oc1ccccc1. The van der Waals surface area contributed by atoms with Crippen molar-refractivity contribution >= 4 is 25.3 Å². The van der Waals surface area contributed by atoms with E-state index in [-0.39, 0.29) is 24.4 Å². The van der Waals surface area contributed by atoms with Gasteiger partial charge in [0.15, 0.2) is 5.65 Å². The molecule has 4 rings (SSSR count). The van der Waals surface area contributed by atoms with Crippen LogP contribution in [-0.2, 0) is 23.4 Å². The van der Waals surface area contributed by atoms with Crippen LogP contribution in [0.3, 0.4) is 0 Å². The Morgan fingerprint density at radius 1 is 1.29 bits per heavy atom. The lowest BCUT2D eigenvalue weighted by Gasteiger charge is -2.27. The van der Waals surface area contributed by atoms with E-state index >= 15 is 0 Å². The van der Waals surface area contributed by atoms with E-state index in [1.54, 1.807) is 51.1 Å². The van der Waals surface area contributed by atoms with Gasteiger partial charge in [0.05, 0.1) is 24.4 Å². The number of rotatable bonds is 10. The Balaban J connectivity index is 1.54. The van der Waals surface area contributed by atoms with E-state index in [1.807, 2.05) is 0 Å². The van der Waals surface area contributed by atoms with Gasteiger partial charge in [0.2, 0.25) is 5.95 Å². The monoisotopic (exact) mass is 549 g/mol. The van der Waals surface area contributed by atoms with E-state index in [2.05, 4.69) is 20.2 Å². The van der Waals surface area contributed by atoms with Crippen molar-refractivity contribution in [2.75, 3.05) is 12.3 Å². The van der Waals surface area contributed by atoms with Crippen molar-refractivity contribution < 1.29 is 33.0 Å². The lowest BCUT2D eigenvalue weighted by molar-refractivity contribution is -0.149. The number of benzene rings is 1. The smallest absolute Gasteiger partial charge is 0.459 e. The fourth-order valence-electron chi connectivity index (χ4n) is 4.03. The second-order valence-corrected chi connectivity index (χ2v) is 11.2. The van der Waals surface area contributed by atoms with Crippen molar-refractivity contribution in [2.45, 2.75) is 63.7 Å². The molecule has 0 unspecified atom stereocenters. The van der Waals surface area contributed by atoms with Gasteiger partial charge >= 0.3 is 13.7 Å². The van der Waals surface area contributed by atoms with E-state index < -0.39 is 43.6 Å². The standard InChI is InChI=1S/C23H32N7O7P/c1-13(2)35-21(32)14(3)29-38(33,37-15-8-6-5-7-9-15)34-11-17-18(31)23(4,25)19(36-17)16-10-28-30-20(16)26-12-27-22(30)24/h5-10,12-14,17-19,31H,11,25H2,1-4H3,(H,29,33)(H2,24,26,27)/t14-,17+,18+,19+,23+,38-/m0/s1. The molecule has 38 heavy (non-hydrogen) atoms. The maximum atomic E-state index is 13.8. The van der Waals surface area contributed by atoms with E-state index in [0.717, 1.165) is 0 Å². The van der Waals surface area contributed by atoms with E-state index in [4.69, 9.17) is 30.0 Å². The van der Waals surface area contributed by atoms with Crippen LogP contribution in [0.15, 0.2) is 42.9 Å². The molecule has 1 aliphatic rings. The molecular formula is C23H32N7O7P. The molecule has 0 bridgehead atoms. The summed E-state index contributed by atoms with van der Waals surface area (Å²) in [4.78, 5) is 20.5. The van der Waals surface area contributed by atoms with E-state index in [1.165, 1.54) is 24.0 Å². The zero-order chi connectivity index (χ0) is 27.7. The summed E-state index contributed by atoms with van der Waals surface area (Å²) in [7, 11) is -4.18. The van der Waals surface area contributed by atoms with Crippen LogP contribution >= 0.6 is 7.75 Å². The number of anilines is 1. The van der Waals surface area contributed by atoms with Crippen molar-refractivity contribution in [3.05, 3.63) is 48.4 Å². The lowest BCUT2D eigenvalue weighted by Crippen LogP contribution is -2.51. The maximum Gasteiger partial charge on any atom is 0.459 e. The Morgan fingerprint density at radius 3 is 2.68 bits per heavy atom. The lowest BCUT2D eigenvalue weighted by atomic mass is 9.87. The summed E-state index contributed by atoms with van der Waals surface area (Å²) in [5, 5.41) is 17.8. The number of fused-ring (bicyclic) bond motifs is 1. The summed E-state index contributed by atoms with van der Waals surface area (Å²) in [5.41, 5.74) is 11.9. The molecule has 3 aromatic rings. The maximum absolute atomic E-state index is 13.8. The van der Waals surface area contributed by atoms with Crippen LogP contribution in [0.5, 0.6) is 5.75 Å². The molecule has 6 N–H and O–H groups in total. The van der Waals surface area contributed by atoms with Crippen LogP contribution in [0.25, 0.3) is 5.65 Å². The van der Waals surface area contributed by atoms with Crippen molar-refractivity contribution in [3.63, 3.8) is 0 Å². The summed E-state index contributed by atoms with van der Waals surface area (Å²) in [6.07, 6.45) is -0.723. The molecule has 1 aliphatic heterocycles. The number of nitrogens with two attached hydrogens (primary N) is 2. The second kappa shape index (κ2) is 10.9. The summed E-state index contributed by atoms with van der Waals surface area (Å²) in [5.74, 6) is -0.277. The first kappa shape index (κ1) is 27.9. The highest BCUT2D eigenvalue weighted by Gasteiger charge is 2.53. The number of aliphatic hydroxyl groups is 1. The largest absolute Gasteiger partial charge is 0.462 e. The first-order chi connectivity index (χ1) is 17.9. The fourth-order valence-corrected chi connectivity index (χ4v) is 5.53. The Morgan fingerprint density at radius 2 is 2.00 bits per heavy atom. The third-order valence-corrected chi connectivity index (χ3v) is 7.58. The number of carbonyl (C=O) groups is 1. The van der Waals surface area contributed by atoms with Gasteiger partial charge in [-0.3, -0.25) is 9.32 Å². The number of carbonyl (C=O) groups excluding carboxylic acids is 1. The molecule has 0 amide bonds. The van der Waals surface area contributed by atoms with Crippen molar-refractivity contribution in [1.29, 1.82) is 0 Å². The number of aliphatic hydroxyl groups excluding tert-OH is 1. The van der Waals surface area contributed by atoms with Gasteiger partial charge in [0.1, 0.15) is 36.4 Å². The third-order valence-electron chi connectivity index (χ3n) is 5.94. The van der Waals surface area contributed by atoms with Gasteiger partial charge in [-0.05, 0) is 39.8 Å². The van der Waals surface area contributed by atoms with Gasteiger partial charge in [-0.15, -0.1) is 0 Å². The van der Waals surface area contributed by atoms with Crippen LogP contribution in [0, 0.1) is 0 Å². The molecule has 6 atom stereocenters. The normalized spacial score (nSPS) is 25.8. The number of nitrogen functional groups attached to an aromatic ring is 1. The summed E-state index contributed by atoms with van der Waals surface area (Å²) in [6.45, 7) is 6.10. The van der Waals surface area contributed by atoms with Gasteiger partial charge in [-0.1, -0.05) is 18.2 Å².